The van der Waals surface area contributed by atoms with Crippen LogP contribution in [0.25, 0.3) is 22.2 Å². The summed E-state index contributed by atoms with van der Waals surface area (Å²) in [5.74, 6) is -0.331. The Kier molecular flexibility index (Phi) is 6.31. The van der Waals surface area contributed by atoms with E-state index in [0.717, 1.165) is 37.7 Å². The number of carbonyl (C=O) groups excluding carboxylic acids is 1. The number of rotatable bonds is 5. The molecule has 1 fully saturated rings. The van der Waals surface area contributed by atoms with Crippen LogP contribution in [0.3, 0.4) is 0 Å². The number of furan rings is 1. The zero-order valence-corrected chi connectivity index (χ0v) is 23.0. The second kappa shape index (κ2) is 9.67. The second-order valence-electron chi connectivity index (χ2n) is 9.60. The molecule has 0 saturated heterocycles. The lowest BCUT2D eigenvalue weighted by Gasteiger charge is -2.26. The Hall–Kier alpha value is -3.50. The van der Waals surface area contributed by atoms with E-state index in [1.165, 1.54) is 6.07 Å². The van der Waals surface area contributed by atoms with Gasteiger partial charge in [0, 0.05) is 6.04 Å². The first-order valence-corrected chi connectivity index (χ1v) is 14.8. The van der Waals surface area contributed by atoms with Crippen LogP contribution in [-0.2, 0) is 9.84 Å². The van der Waals surface area contributed by atoms with Crippen molar-refractivity contribution < 1.29 is 17.6 Å². The number of nitrogens with one attached hydrogen (secondary N) is 1. The molecule has 0 unspecified atom stereocenters. The normalized spacial score (nSPS) is 14.8. The van der Waals surface area contributed by atoms with E-state index in [4.69, 9.17) is 14.4 Å². The van der Waals surface area contributed by atoms with Gasteiger partial charge in [-0.25, -0.2) is 18.4 Å². The van der Waals surface area contributed by atoms with E-state index < -0.39 is 15.7 Å². The number of hydrogen-bond donors (Lipinski definition) is 1. The molecule has 3 aromatic heterocycles. The topological polar surface area (TPSA) is 107 Å². The van der Waals surface area contributed by atoms with Gasteiger partial charge < -0.3 is 14.3 Å². The maximum Gasteiger partial charge on any atom is 0.292 e. The zero-order valence-electron chi connectivity index (χ0n) is 20.6. The largest absolute Gasteiger partial charge is 0.444 e. The fraction of sp³-hybridized carbons (Fsp3) is 0.250. The van der Waals surface area contributed by atoms with Crippen LogP contribution in [0.4, 0.5) is 5.82 Å². The number of anilines is 1. The van der Waals surface area contributed by atoms with Gasteiger partial charge in [0.05, 0.1) is 15.9 Å². The van der Waals surface area contributed by atoms with E-state index in [0.29, 0.717) is 21.4 Å². The highest BCUT2D eigenvalue weighted by Gasteiger charge is 2.35. The van der Waals surface area contributed by atoms with Crippen LogP contribution in [0.2, 0.25) is 0 Å². The lowest BCUT2D eigenvalue weighted by Crippen LogP contribution is -2.21. The first kappa shape index (κ1) is 24.8. The summed E-state index contributed by atoms with van der Waals surface area (Å²) in [6, 6.07) is 17.2. The number of amides is 1. The van der Waals surface area contributed by atoms with Gasteiger partial charge in [-0.05, 0) is 72.1 Å². The Morgan fingerprint density at radius 1 is 0.974 bits per heavy atom. The van der Waals surface area contributed by atoms with Crippen molar-refractivity contribution in [1.29, 1.82) is 0 Å². The van der Waals surface area contributed by atoms with Gasteiger partial charge in [-0.1, -0.05) is 49.1 Å². The fourth-order valence-electron chi connectivity index (χ4n) is 5.15. The van der Waals surface area contributed by atoms with Crippen LogP contribution in [-0.4, -0.2) is 28.9 Å². The van der Waals surface area contributed by atoms with E-state index in [-0.39, 0.29) is 32.9 Å². The first-order valence-electron chi connectivity index (χ1n) is 12.5. The van der Waals surface area contributed by atoms with Gasteiger partial charge >= 0.3 is 0 Å². The highest BCUT2D eigenvalue weighted by atomic mass is 79.9. The Bertz CT molecular complexity index is 1790. The fourth-order valence-corrected chi connectivity index (χ4v) is 6.98. The molecule has 1 aliphatic carbocycles. The van der Waals surface area contributed by atoms with Gasteiger partial charge in [-0.15, -0.1) is 0 Å². The minimum absolute atomic E-state index is 0.0395. The summed E-state index contributed by atoms with van der Waals surface area (Å²) < 4.78 is 36.3. The average Bonchev–Trinajstić information content (AvgIpc) is 3.49. The summed E-state index contributed by atoms with van der Waals surface area (Å²) in [5, 5.41) is 2.89. The predicted molar refractivity (Wildman–Crippen MR) is 148 cm³/mol. The summed E-state index contributed by atoms with van der Waals surface area (Å²) in [5.41, 5.74) is 2.86. The zero-order chi connectivity index (χ0) is 26.4. The molecule has 0 radical (unpaired) electrons. The van der Waals surface area contributed by atoms with Crippen LogP contribution >= 0.6 is 15.9 Å². The van der Waals surface area contributed by atoms with Crippen molar-refractivity contribution in [2.24, 2.45) is 0 Å². The van der Waals surface area contributed by atoms with Gasteiger partial charge in [0.2, 0.25) is 9.84 Å². The number of fused-ring (bicyclic) bond motifs is 2. The molecule has 3 heterocycles. The van der Waals surface area contributed by atoms with Crippen LogP contribution in [0.15, 0.2) is 79.5 Å². The number of aryl methyl sites for hydroxylation is 1. The molecule has 8 nitrogen and oxygen atoms in total. The third-order valence-electron chi connectivity index (χ3n) is 7.02. The Balaban J connectivity index is 1.67. The lowest BCUT2D eigenvalue weighted by atomic mass is 9.95. The van der Waals surface area contributed by atoms with E-state index in [1.54, 1.807) is 36.4 Å². The van der Waals surface area contributed by atoms with Gasteiger partial charge in [0.25, 0.3) is 5.91 Å². The van der Waals surface area contributed by atoms with Crippen molar-refractivity contribution >= 4 is 59.7 Å². The summed E-state index contributed by atoms with van der Waals surface area (Å²) >= 11 is 3.23. The lowest BCUT2D eigenvalue weighted by molar-refractivity contribution is 0.0994. The van der Waals surface area contributed by atoms with Crippen molar-refractivity contribution in [3.63, 3.8) is 0 Å². The molecule has 0 bridgehead atoms. The Morgan fingerprint density at radius 3 is 2.32 bits per heavy atom. The molecule has 1 N–H and O–H groups in total. The summed E-state index contributed by atoms with van der Waals surface area (Å²) in [4.78, 5) is 23.1. The third kappa shape index (κ3) is 4.31. The molecule has 10 heteroatoms. The van der Waals surface area contributed by atoms with Crippen molar-refractivity contribution in [3.8, 4) is 0 Å². The van der Waals surface area contributed by atoms with Crippen molar-refractivity contribution in [2.45, 2.75) is 54.9 Å². The maximum atomic E-state index is 14.3. The van der Waals surface area contributed by atoms with Crippen molar-refractivity contribution in [2.75, 3.05) is 5.32 Å². The molecule has 1 aliphatic rings. The monoisotopic (exact) mass is 592 g/mol. The average molecular weight is 594 g/mol. The number of para-hydroxylation sites is 2. The standard InChI is InChI=1S/C28H25BrN4O4S/c1-17-11-13-19(14-12-17)38(35,36)25-24-26(31-21-10-6-5-9-20(21)30-24)33(18-7-3-2-4-8-18)27(25)32-28(34)22-15-16-23(29)37-22/h5-6,9-16,18H,2-4,7-8H2,1H3,(H,32,34). The smallest absolute Gasteiger partial charge is 0.292 e. The first-order chi connectivity index (χ1) is 18.3. The van der Waals surface area contributed by atoms with E-state index in [2.05, 4.69) is 21.2 Å². The van der Waals surface area contributed by atoms with Crippen LogP contribution < -0.4 is 5.32 Å². The number of sulfone groups is 1. The minimum Gasteiger partial charge on any atom is -0.444 e. The van der Waals surface area contributed by atoms with Crippen LogP contribution in [0.1, 0.15) is 54.3 Å². The third-order valence-corrected chi connectivity index (χ3v) is 9.26. The summed E-state index contributed by atoms with van der Waals surface area (Å²) in [7, 11) is -4.10. The molecule has 2 aromatic carbocycles. The molecule has 194 valence electrons. The maximum absolute atomic E-state index is 14.3. The van der Waals surface area contributed by atoms with E-state index in [9.17, 15) is 13.2 Å². The number of carbonyl (C=O) groups is 1. The van der Waals surface area contributed by atoms with E-state index in [1.807, 2.05) is 29.7 Å². The second-order valence-corrected chi connectivity index (χ2v) is 12.3. The Labute approximate surface area is 228 Å². The molecular weight excluding hydrogens is 568 g/mol. The van der Waals surface area contributed by atoms with Crippen LogP contribution in [0, 0.1) is 6.92 Å². The number of nitrogens with zero attached hydrogens (tertiary/aromatic N) is 3. The van der Waals surface area contributed by atoms with Gasteiger partial charge in [0.15, 0.2) is 16.1 Å². The quantitative estimate of drug-likeness (QED) is 0.239. The molecule has 38 heavy (non-hydrogen) atoms. The molecule has 0 atom stereocenters. The SMILES string of the molecule is Cc1ccc(S(=O)(=O)c2c(NC(=O)c3ccc(Br)o3)n(C3CCCCC3)c3nc4ccccc4nc23)cc1. The van der Waals surface area contributed by atoms with Crippen molar-refractivity contribution in [3.05, 3.63) is 76.7 Å². The molecule has 6 rings (SSSR count). The molecule has 1 saturated carbocycles. The number of halogens is 1. The number of benzene rings is 2. The Morgan fingerprint density at radius 2 is 1.66 bits per heavy atom. The molecule has 0 spiro atoms. The van der Waals surface area contributed by atoms with Crippen molar-refractivity contribution in [1.82, 2.24) is 14.5 Å². The summed E-state index contributed by atoms with van der Waals surface area (Å²) in [6.07, 6.45) is 4.81. The minimum atomic E-state index is -4.10. The number of hydrogen-bond acceptors (Lipinski definition) is 6. The predicted octanol–water partition coefficient (Wildman–Crippen LogP) is 6.84. The molecule has 5 aromatic rings. The molecule has 1 amide bonds. The molecular formula is C28H25BrN4O4S. The highest BCUT2D eigenvalue weighted by molar-refractivity contribution is 9.10. The summed E-state index contributed by atoms with van der Waals surface area (Å²) in [6.45, 7) is 1.90. The van der Waals surface area contributed by atoms with E-state index >= 15 is 0 Å². The van der Waals surface area contributed by atoms with Gasteiger partial charge in [0.1, 0.15) is 16.2 Å². The highest BCUT2D eigenvalue weighted by Crippen LogP contribution is 2.42. The van der Waals surface area contributed by atoms with Crippen LogP contribution in [0.5, 0.6) is 0 Å². The number of aromatic nitrogens is 3. The molecule has 0 aliphatic heterocycles. The van der Waals surface area contributed by atoms with Gasteiger partial charge in [-0.2, -0.15) is 0 Å². The van der Waals surface area contributed by atoms with Gasteiger partial charge in [-0.3, -0.25) is 4.79 Å².